The van der Waals surface area contributed by atoms with Crippen LogP contribution in [0, 0.1) is 0 Å². The van der Waals surface area contributed by atoms with E-state index in [0.29, 0.717) is 36.9 Å². The first-order valence-electron chi connectivity index (χ1n) is 11.7. The fraction of sp³-hybridized carbons (Fsp3) is 0.296. The Labute approximate surface area is 216 Å². The zero-order valence-corrected chi connectivity index (χ0v) is 21.6. The number of hydrogen-bond acceptors (Lipinski definition) is 7. The minimum absolute atomic E-state index is 0.0840. The van der Waals surface area contributed by atoms with Crippen molar-refractivity contribution < 1.29 is 27.8 Å². The van der Waals surface area contributed by atoms with E-state index in [1.54, 1.807) is 61.5 Å². The molecule has 36 heavy (non-hydrogen) atoms. The highest BCUT2D eigenvalue weighted by Crippen LogP contribution is 2.25. The number of esters is 1. The summed E-state index contributed by atoms with van der Waals surface area (Å²) in [5.74, 6) is -0.00289. The predicted molar refractivity (Wildman–Crippen MR) is 138 cm³/mol. The Morgan fingerprint density at radius 3 is 2.50 bits per heavy atom. The van der Waals surface area contributed by atoms with Crippen LogP contribution in [0.3, 0.4) is 0 Å². The first-order valence-corrected chi connectivity index (χ1v) is 13.5. The molecule has 0 unspecified atom stereocenters. The second-order valence-electron chi connectivity index (χ2n) is 8.05. The molecule has 0 heterocycles. The van der Waals surface area contributed by atoms with E-state index in [4.69, 9.17) is 21.1 Å². The number of aliphatic hydroxyl groups excluding tert-OH is 1. The highest BCUT2D eigenvalue weighted by atomic mass is 35.5. The van der Waals surface area contributed by atoms with Crippen molar-refractivity contribution in [2.24, 2.45) is 0 Å². The fourth-order valence-electron chi connectivity index (χ4n) is 3.49. The summed E-state index contributed by atoms with van der Waals surface area (Å²) in [6.07, 6.45) is 0.0914. The third-order valence-electron chi connectivity index (χ3n) is 5.39. The Kier molecular flexibility index (Phi) is 10.3. The van der Waals surface area contributed by atoms with E-state index in [1.165, 1.54) is 12.1 Å². The molecule has 0 aliphatic heterocycles. The highest BCUT2D eigenvalue weighted by Gasteiger charge is 2.18. The summed E-state index contributed by atoms with van der Waals surface area (Å²) in [5, 5.41) is 14.1. The van der Waals surface area contributed by atoms with Gasteiger partial charge in [0.1, 0.15) is 5.75 Å². The number of carbonyl (C=O) groups excluding carboxylic acids is 1. The molecule has 0 fully saturated rings. The van der Waals surface area contributed by atoms with Crippen LogP contribution in [0.5, 0.6) is 5.75 Å². The monoisotopic (exact) mass is 531 g/mol. The Morgan fingerprint density at radius 1 is 1.03 bits per heavy atom. The van der Waals surface area contributed by atoms with Gasteiger partial charge in [-0.2, -0.15) is 0 Å². The molecule has 3 aromatic rings. The van der Waals surface area contributed by atoms with Crippen LogP contribution in [0.4, 0.5) is 0 Å². The van der Waals surface area contributed by atoms with Gasteiger partial charge in [0.05, 0.1) is 35.5 Å². The number of benzene rings is 3. The van der Waals surface area contributed by atoms with Gasteiger partial charge in [-0.3, -0.25) is 4.79 Å². The molecule has 2 N–H and O–H groups in total. The van der Waals surface area contributed by atoms with Gasteiger partial charge in [-0.25, -0.2) is 8.42 Å². The van der Waals surface area contributed by atoms with E-state index in [0.717, 1.165) is 11.1 Å². The largest absolute Gasteiger partial charge is 0.493 e. The van der Waals surface area contributed by atoms with E-state index in [9.17, 15) is 18.3 Å². The summed E-state index contributed by atoms with van der Waals surface area (Å²) in [4.78, 5) is 11.7. The maximum atomic E-state index is 13.1. The molecule has 0 aromatic heterocycles. The second-order valence-corrected chi connectivity index (χ2v) is 10.4. The average Bonchev–Trinajstić information content (AvgIpc) is 2.87. The number of sulfone groups is 1. The van der Waals surface area contributed by atoms with E-state index < -0.39 is 15.9 Å². The maximum absolute atomic E-state index is 13.1. The van der Waals surface area contributed by atoms with Crippen LogP contribution in [-0.2, 0) is 25.8 Å². The Hall–Kier alpha value is -2.91. The van der Waals surface area contributed by atoms with Crippen molar-refractivity contribution in [2.45, 2.75) is 35.7 Å². The van der Waals surface area contributed by atoms with Gasteiger partial charge in [0.2, 0.25) is 9.84 Å². The summed E-state index contributed by atoms with van der Waals surface area (Å²) in [7, 11) is -3.73. The molecular weight excluding hydrogens is 502 g/mol. The van der Waals surface area contributed by atoms with Crippen LogP contribution >= 0.6 is 11.6 Å². The highest BCUT2D eigenvalue weighted by molar-refractivity contribution is 7.91. The zero-order chi connectivity index (χ0) is 26.0. The normalized spacial score (nSPS) is 12.2. The van der Waals surface area contributed by atoms with Gasteiger partial charge < -0.3 is 19.9 Å². The van der Waals surface area contributed by atoms with Crippen LogP contribution in [0.25, 0.3) is 0 Å². The summed E-state index contributed by atoms with van der Waals surface area (Å²) < 4.78 is 36.5. The zero-order valence-electron chi connectivity index (χ0n) is 20.0. The van der Waals surface area contributed by atoms with Gasteiger partial charge in [-0.05, 0) is 73.5 Å². The molecule has 192 valence electrons. The summed E-state index contributed by atoms with van der Waals surface area (Å²) in [6.45, 7) is 3.13. The minimum atomic E-state index is -3.73. The summed E-state index contributed by atoms with van der Waals surface area (Å²) in [6, 6.07) is 20.0. The third kappa shape index (κ3) is 8.06. The third-order valence-corrected chi connectivity index (χ3v) is 7.39. The van der Waals surface area contributed by atoms with Gasteiger partial charge in [0, 0.05) is 11.6 Å². The van der Waals surface area contributed by atoms with Crippen LogP contribution in [-0.4, -0.2) is 45.8 Å². The molecule has 0 radical (unpaired) electrons. The first kappa shape index (κ1) is 27.7. The van der Waals surface area contributed by atoms with Crippen molar-refractivity contribution >= 4 is 27.4 Å². The molecule has 3 aromatic carbocycles. The van der Waals surface area contributed by atoms with Crippen molar-refractivity contribution in [3.8, 4) is 5.75 Å². The number of ether oxygens (including phenoxy) is 2. The van der Waals surface area contributed by atoms with E-state index in [2.05, 4.69) is 5.32 Å². The number of carbonyl (C=O) groups is 1. The number of nitrogens with one attached hydrogen (secondary N) is 1. The molecule has 3 rings (SSSR count). The number of rotatable bonds is 13. The molecule has 0 spiro atoms. The van der Waals surface area contributed by atoms with Crippen LogP contribution < -0.4 is 10.1 Å². The topological polar surface area (TPSA) is 102 Å². The number of halogens is 1. The minimum Gasteiger partial charge on any atom is -0.493 e. The second kappa shape index (κ2) is 13.4. The summed E-state index contributed by atoms with van der Waals surface area (Å²) >= 11 is 5.97. The number of aliphatic hydroxyl groups is 1. The van der Waals surface area contributed by atoms with Gasteiger partial charge >= 0.3 is 5.97 Å². The molecule has 0 saturated carbocycles. The molecule has 0 aliphatic carbocycles. The van der Waals surface area contributed by atoms with E-state index >= 15 is 0 Å². The van der Waals surface area contributed by atoms with Crippen molar-refractivity contribution in [2.75, 3.05) is 26.3 Å². The van der Waals surface area contributed by atoms with Crippen LogP contribution in [0.1, 0.15) is 30.6 Å². The van der Waals surface area contributed by atoms with Crippen molar-refractivity contribution in [3.63, 3.8) is 0 Å². The van der Waals surface area contributed by atoms with Gasteiger partial charge in [0.15, 0.2) is 0 Å². The SMILES string of the molecule is CCOC(=O)CCOc1cccc(S(=O)(=O)c2ccc(CCNC[C@H](O)c3cccc(Cl)c3)cc2)c1. The standard InChI is InChI=1S/C27H30ClNO6S/c1-2-34-27(31)14-16-35-23-7-4-8-25(18-23)36(32,33)24-11-9-20(10-12-24)13-15-29-19-26(30)21-5-3-6-22(28)17-21/h3-12,17-18,26,29-30H,2,13-16,19H2,1H3/t26-/m0/s1. The molecule has 0 bridgehead atoms. The lowest BCUT2D eigenvalue weighted by Crippen LogP contribution is -2.23. The van der Waals surface area contributed by atoms with Crippen molar-refractivity contribution in [1.29, 1.82) is 0 Å². The molecular formula is C27H30ClNO6S. The first-order chi connectivity index (χ1) is 17.3. The maximum Gasteiger partial charge on any atom is 0.309 e. The Balaban J connectivity index is 1.52. The van der Waals surface area contributed by atoms with E-state index in [-0.39, 0.29) is 28.8 Å². The quantitative estimate of drug-likeness (QED) is 0.249. The average molecular weight is 532 g/mol. The lowest BCUT2D eigenvalue weighted by atomic mass is 10.1. The molecule has 7 nitrogen and oxygen atoms in total. The number of hydrogen-bond donors (Lipinski definition) is 2. The van der Waals surface area contributed by atoms with Crippen LogP contribution in [0.2, 0.25) is 5.02 Å². The van der Waals surface area contributed by atoms with Crippen molar-refractivity contribution in [1.82, 2.24) is 5.32 Å². The van der Waals surface area contributed by atoms with Crippen molar-refractivity contribution in [3.05, 3.63) is 88.9 Å². The van der Waals surface area contributed by atoms with Gasteiger partial charge in [-0.1, -0.05) is 41.9 Å². The van der Waals surface area contributed by atoms with Gasteiger partial charge in [-0.15, -0.1) is 0 Å². The Bertz CT molecular complexity index is 1250. The molecule has 0 amide bonds. The lowest BCUT2D eigenvalue weighted by molar-refractivity contribution is -0.143. The predicted octanol–water partition coefficient (Wildman–Crippen LogP) is 4.37. The smallest absolute Gasteiger partial charge is 0.309 e. The van der Waals surface area contributed by atoms with Crippen LogP contribution in [0.15, 0.2) is 82.6 Å². The Morgan fingerprint density at radius 2 is 1.78 bits per heavy atom. The molecule has 0 aliphatic rings. The fourth-order valence-corrected chi connectivity index (χ4v) is 4.99. The molecule has 0 saturated heterocycles. The lowest BCUT2D eigenvalue weighted by Gasteiger charge is -2.13. The molecule has 9 heteroatoms. The summed E-state index contributed by atoms with van der Waals surface area (Å²) in [5.41, 5.74) is 1.72. The van der Waals surface area contributed by atoms with E-state index in [1.807, 2.05) is 6.07 Å². The van der Waals surface area contributed by atoms with Gasteiger partial charge in [0.25, 0.3) is 0 Å². The molecule has 1 atom stereocenters.